The van der Waals surface area contributed by atoms with Gasteiger partial charge in [0.05, 0.1) is 6.61 Å². The highest BCUT2D eigenvalue weighted by Gasteiger charge is 2.68. The summed E-state index contributed by atoms with van der Waals surface area (Å²) >= 11 is 0. The first-order valence-electron chi connectivity index (χ1n) is 7.19. The van der Waals surface area contributed by atoms with Crippen molar-refractivity contribution in [1.29, 1.82) is 0 Å². The second-order valence-electron chi connectivity index (χ2n) is 6.83. The van der Waals surface area contributed by atoms with Crippen LogP contribution in [0.5, 0.6) is 0 Å². The van der Waals surface area contributed by atoms with Crippen LogP contribution in [0.4, 0.5) is 0 Å². The van der Waals surface area contributed by atoms with Crippen LogP contribution in [0.15, 0.2) is 0 Å². The smallest absolute Gasteiger partial charge is 0.237 e. The fourth-order valence-electron chi connectivity index (χ4n) is 3.25. The van der Waals surface area contributed by atoms with Gasteiger partial charge in [-0.05, 0) is 27.7 Å². The molecule has 0 spiro atoms. The average Bonchev–Trinajstić information content (AvgIpc) is 2.91. The van der Waals surface area contributed by atoms with E-state index >= 15 is 0 Å². The standard InChI is InChI=1S/C13H21NO8/c1-11(2)18-5-7(20-11)8-13(15,6-14(16)17)9-10(19-8)22-12(3,4)21-9/h7-10,15H,5-6H2,1-4H3/t7-,8-,9+,10-,13-/m1/s1. The van der Waals surface area contributed by atoms with Crippen molar-refractivity contribution in [1.82, 2.24) is 0 Å². The van der Waals surface area contributed by atoms with E-state index in [1.54, 1.807) is 27.7 Å². The van der Waals surface area contributed by atoms with E-state index in [0.29, 0.717) is 0 Å². The first-order valence-corrected chi connectivity index (χ1v) is 7.19. The first kappa shape index (κ1) is 16.0. The Morgan fingerprint density at radius 2 is 1.82 bits per heavy atom. The summed E-state index contributed by atoms with van der Waals surface area (Å²) in [7, 11) is 0. The molecule has 126 valence electrons. The van der Waals surface area contributed by atoms with Crippen LogP contribution in [0.1, 0.15) is 27.7 Å². The zero-order chi connectivity index (χ0) is 16.3. The van der Waals surface area contributed by atoms with E-state index in [1.807, 2.05) is 0 Å². The average molecular weight is 319 g/mol. The van der Waals surface area contributed by atoms with E-state index in [1.165, 1.54) is 0 Å². The van der Waals surface area contributed by atoms with Gasteiger partial charge in [0.1, 0.15) is 18.3 Å². The van der Waals surface area contributed by atoms with Crippen LogP contribution >= 0.6 is 0 Å². The van der Waals surface area contributed by atoms with Crippen molar-refractivity contribution < 1.29 is 33.7 Å². The minimum Gasteiger partial charge on any atom is -0.378 e. The molecule has 0 aromatic rings. The molecule has 9 nitrogen and oxygen atoms in total. The highest BCUT2D eigenvalue weighted by atomic mass is 16.8. The fraction of sp³-hybridized carbons (Fsp3) is 1.00. The van der Waals surface area contributed by atoms with Gasteiger partial charge in [-0.1, -0.05) is 0 Å². The molecule has 3 heterocycles. The number of hydrogen-bond donors (Lipinski definition) is 1. The van der Waals surface area contributed by atoms with Gasteiger partial charge in [0.25, 0.3) is 0 Å². The van der Waals surface area contributed by atoms with Crippen molar-refractivity contribution in [3.8, 4) is 0 Å². The molecule has 22 heavy (non-hydrogen) atoms. The number of ether oxygens (including phenoxy) is 5. The van der Waals surface area contributed by atoms with Gasteiger partial charge in [-0.2, -0.15) is 0 Å². The number of rotatable bonds is 3. The molecular weight excluding hydrogens is 298 g/mol. The monoisotopic (exact) mass is 319 g/mol. The Hall–Kier alpha value is -0.840. The Labute approximate surface area is 127 Å². The largest absolute Gasteiger partial charge is 0.378 e. The van der Waals surface area contributed by atoms with E-state index in [9.17, 15) is 15.2 Å². The molecule has 1 N–H and O–H groups in total. The predicted molar refractivity (Wildman–Crippen MR) is 70.4 cm³/mol. The summed E-state index contributed by atoms with van der Waals surface area (Å²) in [5, 5.41) is 22.0. The molecule has 3 saturated heterocycles. The minimum absolute atomic E-state index is 0.167. The number of nitrogens with zero attached hydrogens (tertiary/aromatic N) is 1. The molecule has 3 aliphatic heterocycles. The molecule has 0 unspecified atom stereocenters. The van der Waals surface area contributed by atoms with Crippen LogP contribution in [0.3, 0.4) is 0 Å². The summed E-state index contributed by atoms with van der Waals surface area (Å²) in [6.07, 6.45) is -3.44. The van der Waals surface area contributed by atoms with Gasteiger partial charge < -0.3 is 28.8 Å². The third-order valence-electron chi connectivity index (χ3n) is 4.07. The normalized spacial score (nSPS) is 45.9. The molecule has 0 aliphatic carbocycles. The van der Waals surface area contributed by atoms with Crippen molar-refractivity contribution in [2.24, 2.45) is 0 Å². The lowest BCUT2D eigenvalue weighted by molar-refractivity contribution is -0.507. The Morgan fingerprint density at radius 3 is 2.36 bits per heavy atom. The van der Waals surface area contributed by atoms with E-state index < -0.39 is 53.2 Å². The fourth-order valence-corrected chi connectivity index (χ4v) is 3.25. The summed E-state index contributed by atoms with van der Waals surface area (Å²) in [5.41, 5.74) is -1.85. The summed E-state index contributed by atoms with van der Waals surface area (Å²) in [5.74, 6) is -1.81. The number of nitro groups is 1. The Balaban J connectivity index is 1.86. The molecular formula is C13H21NO8. The molecule has 5 atom stereocenters. The van der Waals surface area contributed by atoms with Gasteiger partial charge in [0.15, 0.2) is 23.5 Å². The van der Waals surface area contributed by atoms with Crippen LogP contribution in [0.25, 0.3) is 0 Å². The second-order valence-corrected chi connectivity index (χ2v) is 6.83. The van der Waals surface area contributed by atoms with E-state index in [0.717, 1.165) is 0 Å². The molecule has 9 heteroatoms. The van der Waals surface area contributed by atoms with Crippen LogP contribution in [0.2, 0.25) is 0 Å². The number of aliphatic hydroxyl groups is 1. The van der Waals surface area contributed by atoms with Gasteiger partial charge in [0.2, 0.25) is 6.54 Å². The lowest BCUT2D eigenvalue weighted by Crippen LogP contribution is -2.58. The summed E-state index contributed by atoms with van der Waals surface area (Å²) < 4.78 is 28.1. The summed E-state index contributed by atoms with van der Waals surface area (Å²) in [6, 6.07) is 0. The quantitative estimate of drug-likeness (QED) is 0.573. The van der Waals surface area contributed by atoms with Crippen molar-refractivity contribution in [3.63, 3.8) is 0 Å². The maximum absolute atomic E-state index is 11.0. The van der Waals surface area contributed by atoms with Gasteiger partial charge >= 0.3 is 0 Å². The van der Waals surface area contributed by atoms with Crippen molar-refractivity contribution in [2.45, 2.75) is 69.5 Å². The Morgan fingerprint density at radius 1 is 1.14 bits per heavy atom. The van der Waals surface area contributed by atoms with E-state index in [-0.39, 0.29) is 6.61 Å². The van der Waals surface area contributed by atoms with Crippen LogP contribution in [-0.2, 0) is 23.7 Å². The maximum atomic E-state index is 11.0. The zero-order valence-corrected chi connectivity index (χ0v) is 13.0. The Bertz CT molecular complexity index is 481. The van der Waals surface area contributed by atoms with Crippen LogP contribution in [-0.4, -0.2) is 65.0 Å². The highest BCUT2D eigenvalue weighted by Crippen LogP contribution is 2.46. The van der Waals surface area contributed by atoms with E-state index in [4.69, 9.17) is 23.7 Å². The SMILES string of the molecule is CC1(C)OC[C@H]([C@H]2O[C@@H]3OC(C)(C)O[C@@H]3[C@@]2(O)C[N+](=O)[O-])O1. The third-order valence-corrected chi connectivity index (χ3v) is 4.07. The summed E-state index contributed by atoms with van der Waals surface area (Å²) in [6.45, 7) is 6.22. The van der Waals surface area contributed by atoms with Crippen molar-refractivity contribution in [3.05, 3.63) is 10.1 Å². The molecule has 0 aromatic heterocycles. The van der Waals surface area contributed by atoms with Gasteiger partial charge in [0, 0.05) is 4.92 Å². The predicted octanol–water partition coefficient (Wildman–Crippen LogP) is 0.0221. The van der Waals surface area contributed by atoms with Gasteiger partial charge in [-0.3, -0.25) is 10.1 Å². The Kier molecular flexibility index (Phi) is 3.52. The number of fused-ring (bicyclic) bond motifs is 1. The van der Waals surface area contributed by atoms with E-state index in [2.05, 4.69) is 0 Å². The molecule has 0 aromatic carbocycles. The topological polar surface area (TPSA) is 110 Å². The molecule has 0 amide bonds. The number of hydrogen-bond acceptors (Lipinski definition) is 8. The third kappa shape index (κ3) is 2.61. The van der Waals surface area contributed by atoms with Crippen molar-refractivity contribution in [2.75, 3.05) is 13.2 Å². The first-order chi connectivity index (χ1) is 10.0. The lowest BCUT2D eigenvalue weighted by atomic mass is 9.89. The molecule has 0 saturated carbocycles. The van der Waals surface area contributed by atoms with Crippen LogP contribution < -0.4 is 0 Å². The second kappa shape index (κ2) is 4.83. The molecule has 3 fully saturated rings. The summed E-state index contributed by atoms with van der Waals surface area (Å²) in [4.78, 5) is 10.4. The van der Waals surface area contributed by atoms with Gasteiger partial charge in [-0.15, -0.1) is 0 Å². The molecule has 3 rings (SSSR count). The lowest BCUT2D eigenvalue weighted by Gasteiger charge is -2.33. The maximum Gasteiger partial charge on any atom is 0.237 e. The van der Waals surface area contributed by atoms with Gasteiger partial charge in [-0.25, -0.2) is 0 Å². The molecule has 0 radical (unpaired) electrons. The molecule has 0 bridgehead atoms. The highest BCUT2D eigenvalue weighted by molar-refractivity contribution is 5.08. The minimum atomic E-state index is -1.85. The molecule has 3 aliphatic rings. The zero-order valence-electron chi connectivity index (χ0n) is 13.0. The van der Waals surface area contributed by atoms with Crippen molar-refractivity contribution >= 4 is 0 Å². The van der Waals surface area contributed by atoms with Crippen LogP contribution in [0, 0.1) is 10.1 Å².